The van der Waals surface area contributed by atoms with Gasteiger partial charge in [-0.2, -0.15) is 0 Å². The predicted molar refractivity (Wildman–Crippen MR) is 72.6 cm³/mol. The second-order valence-electron chi connectivity index (χ2n) is 4.53. The van der Waals surface area contributed by atoms with Gasteiger partial charge in [0.1, 0.15) is 29.1 Å². The van der Waals surface area contributed by atoms with Crippen LogP contribution in [0.2, 0.25) is 0 Å². The fourth-order valence-corrected chi connectivity index (χ4v) is 1.84. The van der Waals surface area contributed by atoms with Crippen molar-refractivity contribution < 1.29 is 27.1 Å². The van der Waals surface area contributed by atoms with Gasteiger partial charge >= 0.3 is 6.36 Å². The summed E-state index contributed by atoms with van der Waals surface area (Å²) in [4.78, 5) is 3.88. The van der Waals surface area contributed by atoms with Crippen molar-refractivity contribution in [2.45, 2.75) is 19.3 Å². The minimum Gasteiger partial charge on any atom is -0.464 e. The molecule has 0 aliphatic heterocycles. The zero-order valence-electron chi connectivity index (χ0n) is 12.0. The largest absolute Gasteiger partial charge is 0.573 e. The molecule has 2 aromatic rings. The van der Waals surface area contributed by atoms with Gasteiger partial charge in [0.05, 0.1) is 12.8 Å². The number of anilines is 1. The van der Waals surface area contributed by atoms with Gasteiger partial charge in [0.25, 0.3) is 0 Å². The van der Waals surface area contributed by atoms with Gasteiger partial charge < -0.3 is 19.2 Å². The third kappa shape index (κ3) is 4.66. The first kappa shape index (κ1) is 16.2. The standard InChI is InChI=1S/C14H15F3N2O3/c1-9-3-5-12(21-9)11(8-20-2)19-13-6-4-10(7-18-13)22-14(15,16)17/h3-7,11H,8H2,1-2H3,(H,18,19). The van der Waals surface area contributed by atoms with E-state index in [2.05, 4.69) is 15.0 Å². The third-order valence-corrected chi connectivity index (χ3v) is 2.73. The number of nitrogens with one attached hydrogen (secondary N) is 1. The lowest BCUT2D eigenvalue weighted by molar-refractivity contribution is -0.274. The molecule has 0 aliphatic rings. The van der Waals surface area contributed by atoms with Crippen LogP contribution in [0, 0.1) is 6.92 Å². The van der Waals surface area contributed by atoms with Gasteiger partial charge in [0, 0.05) is 7.11 Å². The molecule has 0 fully saturated rings. The number of ether oxygens (including phenoxy) is 2. The Morgan fingerprint density at radius 2 is 2.05 bits per heavy atom. The summed E-state index contributed by atoms with van der Waals surface area (Å²) in [6.45, 7) is 2.13. The average Bonchev–Trinajstić information content (AvgIpc) is 2.85. The first-order valence-electron chi connectivity index (χ1n) is 6.41. The molecule has 0 aliphatic carbocycles. The molecule has 0 spiro atoms. The van der Waals surface area contributed by atoms with Crippen molar-refractivity contribution in [1.29, 1.82) is 0 Å². The monoisotopic (exact) mass is 316 g/mol. The molecular weight excluding hydrogens is 301 g/mol. The molecule has 120 valence electrons. The number of halogens is 3. The molecule has 1 N–H and O–H groups in total. The molecule has 8 heteroatoms. The SMILES string of the molecule is COCC(Nc1ccc(OC(F)(F)F)cn1)c1ccc(C)o1. The zero-order valence-corrected chi connectivity index (χ0v) is 12.0. The van der Waals surface area contributed by atoms with Crippen LogP contribution < -0.4 is 10.1 Å². The van der Waals surface area contributed by atoms with Gasteiger partial charge in [0.2, 0.25) is 0 Å². The zero-order chi connectivity index (χ0) is 16.2. The number of hydrogen-bond acceptors (Lipinski definition) is 5. The lowest BCUT2D eigenvalue weighted by Gasteiger charge is -2.16. The van der Waals surface area contributed by atoms with Gasteiger partial charge in [-0.15, -0.1) is 13.2 Å². The highest BCUT2D eigenvalue weighted by molar-refractivity contribution is 5.39. The summed E-state index contributed by atoms with van der Waals surface area (Å²) in [5.41, 5.74) is 0. The fraction of sp³-hybridized carbons (Fsp3) is 0.357. The molecule has 2 rings (SSSR count). The maximum absolute atomic E-state index is 12.1. The number of methoxy groups -OCH3 is 1. The molecule has 2 heterocycles. The molecule has 0 bridgehead atoms. The Kier molecular flexibility index (Phi) is 4.92. The number of rotatable bonds is 6. The topological polar surface area (TPSA) is 56.5 Å². The van der Waals surface area contributed by atoms with Crippen molar-refractivity contribution in [3.05, 3.63) is 42.0 Å². The van der Waals surface area contributed by atoms with Crippen LogP contribution in [-0.4, -0.2) is 25.1 Å². The number of nitrogens with zero attached hydrogens (tertiary/aromatic N) is 1. The van der Waals surface area contributed by atoms with Crippen LogP contribution in [0.4, 0.5) is 19.0 Å². The van der Waals surface area contributed by atoms with Crippen LogP contribution in [-0.2, 0) is 4.74 Å². The Bertz CT molecular complexity index is 596. The fourth-order valence-electron chi connectivity index (χ4n) is 1.84. The highest BCUT2D eigenvalue weighted by Crippen LogP contribution is 2.25. The summed E-state index contributed by atoms with van der Waals surface area (Å²) in [6, 6.07) is 5.88. The number of aryl methyl sites for hydroxylation is 1. The predicted octanol–water partition coefficient (Wildman–Crippen LogP) is 3.68. The van der Waals surface area contributed by atoms with E-state index in [0.717, 1.165) is 12.0 Å². The molecule has 1 unspecified atom stereocenters. The van der Waals surface area contributed by atoms with Crippen LogP contribution in [0.15, 0.2) is 34.9 Å². The highest BCUT2D eigenvalue weighted by Gasteiger charge is 2.31. The van der Waals surface area contributed by atoms with Crippen LogP contribution in [0.3, 0.4) is 0 Å². The van der Waals surface area contributed by atoms with Crippen molar-refractivity contribution in [3.8, 4) is 5.75 Å². The van der Waals surface area contributed by atoms with E-state index in [1.54, 1.807) is 6.07 Å². The maximum atomic E-state index is 12.1. The third-order valence-electron chi connectivity index (χ3n) is 2.73. The first-order valence-corrected chi connectivity index (χ1v) is 6.41. The van der Waals surface area contributed by atoms with E-state index >= 15 is 0 Å². The van der Waals surface area contributed by atoms with Gasteiger partial charge in [0.15, 0.2) is 0 Å². The average molecular weight is 316 g/mol. The lowest BCUT2D eigenvalue weighted by Crippen LogP contribution is -2.18. The van der Waals surface area contributed by atoms with E-state index in [4.69, 9.17) is 9.15 Å². The summed E-state index contributed by atoms with van der Waals surface area (Å²) in [6.07, 6.45) is -3.74. The normalized spacial score (nSPS) is 13.0. The summed E-state index contributed by atoms with van der Waals surface area (Å²) in [5, 5.41) is 3.03. The second kappa shape index (κ2) is 6.69. The Labute approximate surface area is 125 Å². The summed E-state index contributed by atoms with van der Waals surface area (Å²) in [7, 11) is 1.54. The van der Waals surface area contributed by atoms with Gasteiger partial charge in [-0.1, -0.05) is 0 Å². The Morgan fingerprint density at radius 3 is 2.55 bits per heavy atom. The minimum absolute atomic E-state index is 0.305. The van der Waals surface area contributed by atoms with Crippen LogP contribution >= 0.6 is 0 Å². The summed E-state index contributed by atoms with van der Waals surface area (Å²) in [5.74, 6) is 1.40. The molecule has 5 nitrogen and oxygen atoms in total. The van der Waals surface area contributed by atoms with E-state index in [1.807, 2.05) is 13.0 Å². The van der Waals surface area contributed by atoms with Crippen molar-refractivity contribution in [2.75, 3.05) is 19.0 Å². The number of furan rings is 1. The molecule has 0 aromatic carbocycles. The Hall–Kier alpha value is -2.22. The van der Waals surface area contributed by atoms with Gasteiger partial charge in [-0.25, -0.2) is 4.98 Å². The molecule has 0 saturated carbocycles. The van der Waals surface area contributed by atoms with Crippen molar-refractivity contribution in [1.82, 2.24) is 4.98 Å². The van der Waals surface area contributed by atoms with E-state index in [0.29, 0.717) is 18.2 Å². The molecule has 0 saturated heterocycles. The summed E-state index contributed by atoms with van der Waals surface area (Å²) >= 11 is 0. The van der Waals surface area contributed by atoms with Crippen LogP contribution in [0.5, 0.6) is 5.75 Å². The first-order chi connectivity index (χ1) is 10.4. The smallest absolute Gasteiger partial charge is 0.464 e. The molecule has 0 radical (unpaired) electrons. The van der Waals surface area contributed by atoms with Gasteiger partial charge in [-0.05, 0) is 31.2 Å². The summed E-state index contributed by atoms with van der Waals surface area (Å²) < 4.78 is 50.6. The lowest BCUT2D eigenvalue weighted by atomic mass is 10.2. The van der Waals surface area contributed by atoms with Crippen molar-refractivity contribution >= 4 is 5.82 Å². The molecule has 1 atom stereocenters. The maximum Gasteiger partial charge on any atom is 0.573 e. The molecule has 22 heavy (non-hydrogen) atoms. The highest BCUT2D eigenvalue weighted by atomic mass is 19.4. The van der Waals surface area contributed by atoms with E-state index in [-0.39, 0.29) is 11.8 Å². The van der Waals surface area contributed by atoms with Crippen LogP contribution in [0.1, 0.15) is 17.6 Å². The number of aromatic nitrogens is 1. The Morgan fingerprint density at radius 1 is 1.27 bits per heavy atom. The van der Waals surface area contributed by atoms with E-state index in [9.17, 15) is 13.2 Å². The van der Waals surface area contributed by atoms with E-state index < -0.39 is 6.36 Å². The van der Waals surface area contributed by atoms with Crippen molar-refractivity contribution in [3.63, 3.8) is 0 Å². The van der Waals surface area contributed by atoms with Crippen LogP contribution in [0.25, 0.3) is 0 Å². The Balaban J connectivity index is 2.07. The number of pyridine rings is 1. The van der Waals surface area contributed by atoms with Gasteiger partial charge in [-0.3, -0.25) is 0 Å². The second-order valence-corrected chi connectivity index (χ2v) is 4.53. The van der Waals surface area contributed by atoms with Crippen molar-refractivity contribution in [2.24, 2.45) is 0 Å². The number of alkyl halides is 3. The quantitative estimate of drug-likeness (QED) is 0.881. The van der Waals surface area contributed by atoms with E-state index in [1.165, 1.54) is 19.2 Å². The number of hydrogen-bond donors (Lipinski definition) is 1. The molecule has 0 amide bonds. The molecule has 2 aromatic heterocycles. The molecular formula is C14H15F3N2O3. The minimum atomic E-state index is -4.74.